The van der Waals surface area contributed by atoms with Gasteiger partial charge in [-0.1, -0.05) is 20.3 Å². The molecule has 1 aromatic heterocycles. The number of aromatic amines is 1. The number of benzene rings is 1. The Bertz CT molecular complexity index is 815. The number of methoxy groups -OCH3 is 2. The van der Waals surface area contributed by atoms with Crippen molar-refractivity contribution in [3.63, 3.8) is 0 Å². The number of nitrogens with zero attached hydrogens (tertiary/aromatic N) is 1. The number of hydrogen-bond donors (Lipinski definition) is 3. The number of fused-ring (bicyclic) bond motifs is 3. The van der Waals surface area contributed by atoms with Gasteiger partial charge in [0.05, 0.1) is 32.6 Å². The fraction of sp³-hybridized carbons (Fsp3) is 0.474. The summed E-state index contributed by atoms with van der Waals surface area (Å²) < 4.78 is 10.7. The van der Waals surface area contributed by atoms with Gasteiger partial charge in [-0.25, -0.2) is 0 Å². The van der Waals surface area contributed by atoms with Gasteiger partial charge in [0.25, 0.3) is 5.91 Å². The molecule has 140 valence electrons. The van der Waals surface area contributed by atoms with E-state index in [4.69, 9.17) is 9.47 Å². The van der Waals surface area contributed by atoms with Gasteiger partial charge in [-0.2, -0.15) is 5.10 Å². The highest BCUT2D eigenvalue weighted by Gasteiger charge is 2.30. The van der Waals surface area contributed by atoms with Gasteiger partial charge in [-0.15, -0.1) is 0 Å². The summed E-state index contributed by atoms with van der Waals surface area (Å²) in [5.41, 5.74) is 4.04. The quantitative estimate of drug-likeness (QED) is 0.600. The van der Waals surface area contributed by atoms with Crippen molar-refractivity contribution in [3.05, 3.63) is 29.0 Å². The van der Waals surface area contributed by atoms with E-state index in [0.717, 1.165) is 28.8 Å². The number of hydrogen-bond acceptors (Lipinski definition) is 5. The van der Waals surface area contributed by atoms with E-state index in [1.807, 2.05) is 26.0 Å². The van der Waals surface area contributed by atoms with E-state index < -0.39 is 0 Å². The van der Waals surface area contributed by atoms with Crippen LogP contribution in [0.3, 0.4) is 0 Å². The summed E-state index contributed by atoms with van der Waals surface area (Å²) in [7, 11) is 3.19. The Labute approximate surface area is 152 Å². The Morgan fingerprint density at radius 2 is 2.04 bits per heavy atom. The van der Waals surface area contributed by atoms with Crippen LogP contribution in [0.2, 0.25) is 0 Å². The number of rotatable bonds is 7. The molecule has 1 aliphatic carbocycles. The summed E-state index contributed by atoms with van der Waals surface area (Å²) in [6.07, 6.45) is 1.47. The van der Waals surface area contributed by atoms with E-state index in [2.05, 4.69) is 15.5 Å². The van der Waals surface area contributed by atoms with Crippen LogP contribution in [0.5, 0.6) is 11.5 Å². The molecule has 0 saturated carbocycles. The van der Waals surface area contributed by atoms with Crippen LogP contribution in [0.15, 0.2) is 12.1 Å². The minimum absolute atomic E-state index is 0.0916. The number of ether oxygens (including phenoxy) is 2. The third-order valence-corrected chi connectivity index (χ3v) is 5.17. The van der Waals surface area contributed by atoms with Crippen LogP contribution in [0, 0.1) is 5.92 Å². The van der Waals surface area contributed by atoms with Gasteiger partial charge < -0.3 is 19.9 Å². The number of aliphatic hydroxyl groups is 1. The second kappa shape index (κ2) is 7.37. The molecule has 2 atom stereocenters. The van der Waals surface area contributed by atoms with Crippen LogP contribution in [-0.4, -0.2) is 48.1 Å². The molecule has 1 aromatic carbocycles. The first-order chi connectivity index (χ1) is 12.5. The van der Waals surface area contributed by atoms with Crippen molar-refractivity contribution in [1.29, 1.82) is 0 Å². The SMILES string of the molecule is CC[C@@H](C)[C@@H](CO)NC(=O)c1[nH]nc2c1Cc1cc(OC)c(OC)cc1-2. The van der Waals surface area contributed by atoms with Crippen LogP contribution in [0.1, 0.15) is 41.9 Å². The van der Waals surface area contributed by atoms with Crippen molar-refractivity contribution < 1.29 is 19.4 Å². The number of amides is 1. The molecule has 0 unspecified atom stereocenters. The van der Waals surface area contributed by atoms with E-state index in [9.17, 15) is 9.90 Å². The average molecular weight is 359 g/mol. The first kappa shape index (κ1) is 18.3. The summed E-state index contributed by atoms with van der Waals surface area (Å²) in [5.74, 6) is 1.23. The molecule has 1 amide bonds. The number of H-pyrrole nitrogens is 1. The number of carbonyl (C=O) groups excluding carboxylic acids is 1. The lowest BCUT2D eigenvalue weighted by Crippen LogP contribution is -2.42. The summed E-state index contributed by atoms with van der Waals surface area (Å²) in [4.78, 5) is 12.7. The Hall–Kier alpha value is -2.54. The molecule has 3 rings (SSSR count). The van der Waals surface area contributed by atoms with Gasteiger partial charge in [0.1, 0.15) is 5.69 Å². The highest BCUT2D eigenvalue weighted by Crippen LogP contribution is 2.42. The average Bonchev–Trinajstić information content (AvgIpc) is 3.22. The molecule has 7 heteroatoms. The number of carbonyl (C=O) groups is 1. The Kier molecular flexibility index (Phi) is 5.18. The molecule has 7 nitrogen and oxygen atoms in total. The number of aromatic nitrogens is 2. The van der Waals surface area contributed by atoms with Crippen LogP contribution in [0.4, 0.5) is 0 Å². The van der Waals surface area contributed by atoms with Crippen molar-refractivity contribution in [1.82, 2.24) is 15.5 Å². The van der Waals surface area contributed by atoms with Crippen LogP contribution in [0.25, 0.3) is 11.3 Å². The monoisotopic (exact) mass is 359 g/mol. The van der Waals surface area contributed by atoms with E-state index >= 15 is 0 Å². The fourth-order valence-electron chi connectivity index (χ4n) is 3.32. The third kappa shape index (κ3) is 3.03. The third-order valence-electron chi connectivity index (χ3n) is 5.17. The lowest BCUT2D eigenvalue weighted by molar-refractivity contribution is 0.0885. The highest BCUT2D eigenvalue weighted by molar-refractivity contribution is 5.97. The van der Waals surface area contributed by atoms with Gasteiger partial charge in [0, 0.05) is 17.5 Å². The van der Waals surface area contributed by atoms with Gasteiger partial charge in [0.15, 0.2) is 11.5 Å². The molecule has 0 aliphatic heterocycles. The Morgan fingerprint density at radius 1 is 1.35 bits per heavy atom. The maximum atomic E-state index is 12.7. The minimum Gasteiger partial charge on any atom is -0.493 e. The van der Waals surface area contributed by atoms with Gasteiger partial charge in [0.2, 0.25) is 0 Å². The maximum absolute atomic E-state index is 12.7. The lowest BCUT2D eigenvalue weighted by atomic mass is 9.99. The molecular formula is C19H25N3O4. The summed E-state index contributed by atoms with van der Waals surface area (Å²) in [6, 6.07) is 3.53. The lowest BCUT2D eigenvalue weighted by Gasteiger charge is -2.21. The fourth-order valence-corrected chi connectivity index (χ4v) is 3.32. The van der Waals surface area contributed by atoms with Crippen molar-refractivity contribution in [2.75, 3.05) is 20.8 Å². The van der Waals surface area contributed by atoms with E-state index in [0.29, 0.717) is 23.6 Å². The van der Waals surface area contributed by atoms with Crippen LogP contribution >= 0.6 is 0 Å². The van der Waals surface area contributed by atoms with E-state index in [1.165, 1.54) is 0 Å². The molecule has 0 radical (unpaired) electrons. The molecule has 0 saturated heterocycles. The van der Waals surface area contributed by atoms with Gasteiger partial charge in [-0.05, 0) is 23.6 Å². The standard InChI is InChI=1S/C19H25N3O4/c1-5-10(2)14(9-23)20-19(24)18-13-6-11-7-15(25-3)16(26-4)8-12(11)17(13)21-22-18/h7-8,10,14,23H,5-6,9H2,1-4H3,(H,20,24)(H,21,22)/t10-,14-/m1/s1. The smallest absolute Gasteiger partial charge is 0.269 e. The molecule has 1 heterocycles. The van der Waals surface area contributed by atoms with Crippen molar-refractivity contribution >= 4 is 5.91 Å². The van der Waals surface area contributed by atoms with Gasteiger partial charge >= 0.3 is 0 Å². The summed E-state index contributed by atoms with van der Waals surface area (Å²) >= 11 is 0. The van der Waals surface area contributed by atoms with Gasteiger partial charge in [-0.3, -0.25) is 9.89 Å². The minimum atomic E-state index is -0.282. The molecule has 26 heavy (non-hydrogen) atoms. The van der Waals surface area contributed by atoms with Crippen LogP contribution < -0.4 is 14.8 Å². The van der Waals surface area contributed by atoms with E-state index in [1.54, 1.807) is 14.2 Å². The molecule has 1 aliphatic rings. The zero-order valence-electron chi connectivity index (χ0n) is 15.5. The first-order valence-electron chi connectivity index (χ1n) is 8.78. The number of nitrogens with one attached hydrogen (secondary N) is 2. The van der Waals surface area contributed by atoms with Crippen LogP contribution in [-0.2, 0) is 6.42 Å². The predicted octanol–water partition coefficient (Wildman–Crippen LogP) is 2.13. The van der Waals surface area contributed by atoms with Crippen molar-refractivity contribution in [2.24, 2.45) is 5.92 Å². The second-order valence-corrected chi connectivity index (χ2v) is 6.61. The first-order valence-corrected chi connectivity index (χ1v) is 8.78. The maximum Gasteiger partial charge on any atom is 0.269 e. The highest BCUT2D eigenvalue weighted by atomic mass is 16.5. The molecular weight excluding hydrogens is 334 g/mol. The van der Waals surface area contributed by atoms with Crippen molar-refractivity contribution in [2.45, 2.75) is 32.7 Å². The zero-order chi connectivity index (χ0) is 18.8. The molecule has 2 aromatic rings. The normalized spacial score (nSPS) is 14.3. The number of aliphatic hydroxyl groups excluding tert-OH is 1. The largest absolute Gasteiger partial charge is 0.493 e. The molecule has 0 bridgehead atoms. The summed E-state index contributed by atoms with van der Waals surface area (Å²) in [5, 5.41) is 19.7. The second-order valence-electron chi connectivity index (χ2n) is 6.61. The Balaban J connectivity index is 1.89. The topological polar surface area (TPSA) is 96.5 Å². The Morgan fingerprint density at radius 3 is 2.65 bits per heavy atom. The molecule has 0 fully saturated rings. The van der Waals surface area contributed by atoms with Crippen molar-refractivity contribution in [3.8, 4) is 22.8 Å². The summed E-state index contributed by atoms with van der Waals surface area (Å²) in [6.45, 7) is 3.95. The van der Waals surface area contributed by atoms with E-state index in [-0.39, 0.29) is 24.5 Å². The zero-order valence-corrected chi connectivity index (χ0v) is 15.5. The molecule has 0 spiro atoms. The molecule has 3 N–H and O–H groups in total. The predicted molar refractivity (Wildman–Crippen MR) is 97.7 cm³/mol.